The fourth-order valence-electron chi connectivity index (χ4n) is 6.59. The number of hydrogen-bond acceptors (Lipinski definition) is 9. The van der Waals surface area contributed by atoms with Crippen molar-refractivity contribution in [3.63, 3.8) is 0 Å². The Morgan fingerprint density at radius 3 is 1.25 bits per heavy atom. The van der Waals surface area contributed by atoms with Gasteiger partial charge in [-0.2, -0.15) is 0 Å². The lowest BCUT2D eigenvalue weighted by atomic mass is 10.0. The van der Waals surface area contributed by atoms with E-state index in [1.165, 1.54) is 154 Å². The van der Waals surface area contributed by atoms with E-state index in [1.807, 2.05) is 0 Å². The van der Waals surface area contributed by atoms with Gasteiger partial charge < -0.3 is 28.2 Å². The van der Waals surface area contributed by atoms with E-state index in [0.717, 1.165) is 38.5 Å². The molecule has 0 bridgehead atoms. The van der Waals surface area contributed by atoms with Crippen molar-refractivity contribution in [3.05, 3.63) is 0 Å². The number of carbonyl (C=O) groups excluding carboxylic acids is 2. The molecule has 308 valence electrons. The molecule has 1 saturated heterocycles. The van der Waals surface area contributed by atoms with Gasteiger partial charge in [0.1, 0.15) is 12.7 Å². The largest absolute Gasteiger partial charge is 0.462 e. The van der Waals surface area contributed by atoms with E-state index >= 15 is 0 Å². The molecule has 0 saturated carbocycles. The Labute approximate surface area is 325 Å². The van der Waals surface area contributed by atoms with E-state index in [2.05, 4.69) is 13.8 Å². The van der Waals surface area contributed by atoms with E-state index < -0.39 is 18.9 Å². The normalized spacial score (nSPS) is 18.0. The van der Waals surface area contributed by atoms with Crippen LogP contribution < -0.4 is 0 Å². The number of ether oxygens (including phenoxy) is 2. The lowest BCUT2D eigenvalue weighted by Crippen LogP contribution is -2.31. The van der Waals surface area contributed by atoms with Gasteiger partial charge in [0.15, 0.2) is 6.10 Å². The highest BCUT2D eigenvalue weighted by Gasteiger charge is 2.31. The summed E-state index contributed by atoms with van der Waals surface area (Å²) >= 11 is 5.38. The highest BCUT2D eigenvalue weighted by atomic mass is 32.5. The molecule has 0 radical (unpaired) electrons. The van der Waals surface area contributed by atoms with Gasteiger partial charge in [0, 0.05) is 12.8 Å². The van der Waals surface area contributed by atoms with Crippen LogP contribution in [-0.2, 0) is 44.4 Å². The zero-order valence-corrected chi connectivity index (χ0v) is 35.5. The van der Waals surface area contributed by atoms with Gasteiger partial charge in [0.2, 0.25) is 0 Å². The fraction of sp³-hybridized carbons (Fsp3) is 0.952. The standard InChI is InChI=1S/C42H81O8PS/c1-3-5-7-9-11-13-15-17-19-21-23-25-27-29-31-33-41(44)46-37-40(38-49-51(52)47-35-39(43)36-48-51)50-42(45)34-32-30-28-26-24-22-20-18-16-14-12-10-8-6-4-2/h39-40,43H,3-38H2,1-2H3. The molecule has 52 heavy (non-hydrogen) atoms. The Morgan fingerprint density at radius 1 is 0.558 bits per heavy atom. The third-order valence-electron chi connectivity index (χ3n) is 9.97. The fourth-order valence-corrected chi connectivity index (χ4v) is 8.42. The second kappa shape index (κ2) is 36.1. The van der Waals surface area contributed by atoms with Gasteiger partial charge in [-0.05, 0) is 24.6 Å². The van der Waals surface area contributed by atoms with Gasteiger partial charge in [-0.3, -0.25) is 9.59 Å². The lowest BCUT2D eigenvalue weighted by molar-refractivity contribution is -0.161. The Balaban J connectivity index is 2.18. The first-order valence-corrected chi connectivity index (χ1v) is 24.5. The van der Waals surface area contributed by atoms with E-state index in [0.29, 0.717) is 12.8 Å². The second-order valence-electron chi connectivity index (χ2n) is 15.2. The van der Waals surface area contributed by atoms with Gasteiger partial charge >= 0.3 is 18.7 Å². The molecule has 10 heteroatoms. The summed E-state index contributed by atoms with van der Waals surface area (Å²) in [4.78, 5) is 25.2. The van der Waals surface area contributed by atoms with Crippen LogP contribution in [0.15, 0.2) is 0 Å². The van der Waals surface area contributed by atoms with Gasteiger partial charge in [0.05, 0.1) is 19.8 Å². The first kappa shape index (κ1) is 49.4. The minimum atomic E-state index is -3.05. The van der Waals surface area contributed by atoms with Crippen molar-refractivity contribution in [2.75, 3.05) is 26.4 Å². The monoisotopic (exact) mass is 777 g/mol. The minimum Gasteiger partial charge on any atom is -0.462 e. The number of esters is 2. The first-order chi connectivity index (χ1) is 25.4. The van der Waals surface area contributed by atoms with Gasteiger partial charge in [-0.25, -0.2) is 0 Å². The second-order valence-corrected chi connectivity index (χ2v) is 18.2. The maximum absolute atomic E-state index is 12.7. The zero-order valence-electron chi connectivity index (χ0n) is 33.8. The molecule has 1 aliphatic rings. The maximum atomic E-state index is 12.7. The van der Waals surface area contributed by atoms with E-state index in [-0.39, 0.29) is 38.4 Å². The summed E-state index contributed by atoms with van der Waals surface area (Å²) in [5.41, 5.74) is 0. The summed E-state index contributed by atoms with van der Waals surface area (Å²) in [6.45, 7) is 1.36. The summed E-state index contributed by atoms with van der Waals surface area (Å²) in [5.74, 6) is -0.631. The van der Waals surface area contributed by atoms with Gasteiger partial charge in [-0.1, -0.05) is 194 Å². The number of aliphatic hydroxyl groups is 1. The molecule has 1 heterocycles. The maximum Gasteiger partial charge on any atom is 0.327 e. The van der Waals surface area contributed by atoms with Crippen molar-refractivity contribution in [3.8, 4) is 0 Å². The van der Waals surface area contributed by atoms with Crippen LogP contribution in [0.2, 0.25) is 0 Å². The van der Waals surface area contributed by atoms with Crippen LogP contribution in [0, 0.1) is 0 Å². The molecule has 1 rings (SSSR count). The molecule has 1 N–H and O–H groups in total. The molecule has 0 aromatic heterocycles. The molecule has 8 nitrogen and oxygen atoms in total. The van der Waals surface area contributed by atoms with Crippen molar-refractivity contribution in [1.82, 2.24) is 0 Å². The highest BCUT2D eigenvalue weighted by Crippen LogP contribution is 2.52. The molecule has 0 spiro atoms. The van der Waals surface area contributed by atoms with Gasteiger partial charge in [0.25, 0.3) is 0 Å². The smallest absolute Gasteiger partial charge is 0.327 e. The molecule has 1 unspecified atom stereocenters. The molecule has 0 aromatic carbocycles. The summed E-state index contributed by atoms with van der Waals surface area (Å²) < 4.78 is 27.8. The quantitative estimate of drug-likeness (QED) is 0.0373. The molecule has 0 aromatic rings. The average Bonchev–Trinajstić information content (AvgIpc) is 3.14. The van der Waals surface area contributed by atoms with Crippen molar-refractivity contribution >= 4 is 30.5 Å². The van der Waals surface area contributed by atoms with Crippen LogP contribution >= 0.6 is 6.72 Å². The third kappa shape index (κ3) is 31.7. The van der Waals surface area contributed by atoms with Crippen LogP contribution in [0.5, 0.6) is 0 Å². The third-order valence-corrected chi connectivity index (χ3v) is 12.3. The predicted octanol–water partition coefficient (Wildman–Crippen LogP) is 12.6. The van der Waals surface area contributed by atoms with E-state index in [4.69, 9.17) is 34.9 Å². The highest BCUT2D eigenvalue weighted by molar-refractivity contribution is 8.07. The Kier molecular flexibility index (Phi) is 34.3. The lowest BCUT2D eigenvalue weighted by Gasteiger charge is -2.29. The summed E-state index contributed by atoms with van der Waals surface area (Å²) in [5, 5.41) is 9.66. The minimum absolute atomic E-state index is 0.0369. The van der Waals surface area contributed by atoms with Crippen molar-refractivity contribution in [2.24, 2.45) is 0 Å². The van der Waals surface area contributed by atoms with E-state index in [1.54, 1.807) is 0 Å². The number of carbonyl (C=O) groups is 2. The van der Waals surface area contributed by atoms with Gasteiger partial charge in [-0.15, -0.1) is 0 Å². The summed E-state index contributed by atoms with van der Waals surface area (Å²) in [6, 6.07) is 0. The van der Waals surface area contributed by atoms with Crippen molar-refractivity contribution in [1.29, 1.82) is 0 Å². The van der Waals surface area contributed by atoms with Crippen molar-refractivity contribution in [2.45, 2.75) is 232 Å². The van der Waals surface area contributed by atoms with Crippen molar-refractivity contribution < 1.29 is 37.7 Å². The summed E-state index contributed by atoms with van der Waals surface area (Å²) in [7, 11) is 0. The topological polar surface area (TPSA) is 101 Å². The molecule has 1 aliphatic heterocycles. The van der Waals surface area contributed by atoms with Crippen LogP contribution in [0.4, 0.5) is 0 Å². The number of unbranched alkanes of at least 4 members (excludes halogenated alkanes) is 28. The Morgan fingerprint density at radius 2 is 0.885 bits per heavy atom. The van der Waals surface area contributed by atoms with Crippen LogP contribution in [0.3, 0.4) is 0 Å². The SMILES string of the molecule is CCCCCCCCCCCCCCCCCC(=O)OCC(COP1(=S)OCC(O)CO1)OC(=O)CCCCCCCCCCCCCCCCC. The molecular formula is C42H81O8PS. The average molecular weight is 777 g/mol. The Hall–Kier alpha value is -0.570. The molecular weight excluding hydrogens is 695 g/mol. The van der Waals surface area contributed by atoms with Crippen LogP contribution in [0.25, 0.3) is 0 Å². The molecule has 1 fully saturated rings. The van der Waals surface area contributed by atoms with Crippen LogP contribution in [0.1, 0.15) is 219 Å². The Bertz CT molecular complexity index is 863. The molecule has 1 atom stereocenters. The number of rotatable bonds is 38. The number of hydrogen-bond donors (Lipinski definition) is 1. The molecule has 0 amide bonds. The predicted molar refractivity (Wildman–Crippen MR) is 218 cm³/mol. The summed E-state index contributed by atoms with van der Waals surface area (Å²) in [6.07, 6.45) is 37.2. The zero-order chi connectivity index (χ0) is 37.8. The van der Waals surface area contributed by atoms with E-state index in [9.17, 15) is 14.7 Å². The number of aliphatic hydroxyl groups excluding tert-OH is 1. The van der Waals surface area contributed by atoms with Crippen LogP contribution in [-0.4, -0.2) is 55.7 Å². The first-order valence-electron chi connectivity index (χ1n) is 21.9. The molecule has 0 aliphatic carbocycles.